The highest BCUT2D eigenvalue weighted by molar-refractivity contribution is 7.83. The summed E-state index contributed by atoms with van der Waals surface area (Å²) in [6, 6.07) is 4.88. The molecule has 0 aromatic heterocycles. The Hall–Kier alpha value is -1.42. The Morgan fingerprint density at radius 1 is 1.61 bits per heavy atom. The van der Waals surface area contributed by atoms with Crippen LogP contribution < -0.4 is 0 Å². The highest BCUT2D eigenvalue weighted by atomic mass is 32.2. The summed E-state index contributed by atoms with van der Waals surface area (Å²) >= 11 is 0. The number of benzene rings is 1. The molecule has 0 fully saturated rings. The Morgan fingerprint density at radius 2 is 2.28 bits per heavy atom. The van der Waals surface area contributed by atoms with Crippen LogP contribution in [0.3, 0.4) is 0 Å². The number of hydrogen-bond acceptors (Lipinski definition) is 2. The Bertz CT molecular complexity index is 672. The first-order valence-corrected chi connectivity index (χ1v) is 6.55. The number of hydrogen-bond donors (Lipinski definition) is 1. The maximum Gasteiger partial charge on any atom is 0.337 e. The maximum absolute atomic E-state index is 14.2. The first kappa shape index (κ1) is 10.5. The second-order valence-electron chi connectivity index (χ2n) is 3.89. The maximum atomic E-state index is 14.2. The largest absolute Gasteiger partial charge is 0.337 e. The van der Waals surface area contributed by atoms with Gasteiger partial charge in [-0.05, 0) is 11.1 Å². The predicted molar refractivity (Wildman–Crippen MR) is 64.9 cm³/mol. The average Bonchev–Trinajstić information content (AvgIpc) is 2.65. The number of alkyl halides is 1. The molecule has 0 spiro atoms. The van der Waals surface area contributed by atoms with Gasteiger partial charge in [0.05, 0.1) is 15.3 Å². The number of terminal acetylenes is 1. The lowest BCUT2D eigenvalue weighted by molar-refractivity contribution is 0.196. The first-order valence-electron chi connectivity index (χ1n) is 6.15. The molecular weight excluding hydrogens is 257 g/mol. The smallest absolute Gasteiger partial charge is 0.273 e. The molecule has 96 valence electrons. The zero-order valence-electron chi connectivity index (χ0n) is 11.2. The molecule has 0 amide bonds. The van der Waals surface area contributed by atoms with Gasteiger partial charge >= 0.3 is 10.3 Å². The standard InChI is InChI=1S/C12H12FNO3S/c1-2-7-14(18(15,16)17)12-10-6-4-3-5-9(10)8-11(12)13/h1,3-6,11-12H,7-8H2,(H,15,16,17)/i7D2,13+0. The SMILES string of the molecule is [2H]C([2H])(C#C)N(C1c2ccccc2CC1[19F])S(=O)(=O)O. The third-order valence-corrected chi connectivity index (χ3v) is 3.62. The van der Waals surface area contributed by atoms with Crippen LogP contribution in [0.25, 0.3) is 0 Å². The van der Waals surface area contributed by atoms with E-state index in [9.17, 15) is 17.4 Å². The fourth-order valence-electron chi connectivity index (χ4n) is 2.13. The zero-order valence-corrected chi connectivity index (χ0v) is 10.1. The topological polar surface area (TPSA) is 57.6 Å². The van der Waals surface area contributed by atoms with Gasteiger partial charge in [0.25, 0.3) is 0 Å². The third-order valence-electron chi connectivity index (χ3n) is 2.81. The lowest BCUT2D eigenvalue weighted by Gasteiger charge is -2.25. The zero-order chi connectivity index (χ0) is 15.1. The van der Waals surface area contributed by atoms with Gasteiger partial charge in [0, 0.05) is 6.42 Å². The molecule has 2 unspecified atom stereocenters. The summed E-state index contributed by atoms with van der Waals surface area (Å²) in [6.45, 7) is -2.83. The number of nitrogens with zero attached hydrogens (tertiary/aromatic N) is 1. The van der Waals surface area contributed by atoms with Gasteiger partial charge in [-0.15, -0.1) is 6.42 Å². The van der Waals surface area contributed by atoms with Crippen molar-refractivity contribution in [2.75, 3.05) is 6.50 Å². The van der Waals surface area contributed by atoms with Crippen LogP contribution in [0.5, 0.6) is 0 Å². The molecule has 0 bridgehead atoms. The molecule has 2 atom stereocenters. The molecule has 2 rings (SSSR count). The summed E-state index contributed by atoms with van der Waals surface area (Å²) in [7, 11) is -5.02. The highest BCUT2D eigenvalue weighted by Gasteiger charge is 2.41. The van der Waals surface area contributed by atoms with Crippen LogP contribution in [-0.4, -0.2) is 29.9 Å². The Kier molecular flexibility index (Phi) is 2.73. The molecule has 1 aliphatic carbocycles. The van der Waals surface area contributed by atoms with Crippen molar-refractivity contribution in [2.45, 2.75) is 18.6 Å². The van der Waals surface area contributed by atoms with Crippen molar-refractivity contribution in [2.24, 2.45) is 0 Å². The van der Waals surface area contributed by atoms with E-state index in [-0.39, 0.29) is 10.7 Å². The third kappa shape index (κ3) is 2.25. The van der Waals surface area contributed by atoms with Crippen LogP contribution in [0.4, 0.5) is 4.39 Å². The second kappa shape index (κ2) is 4.69. The molecule has 0 saturated heterocycles. The van der Waals surface area contributed by atoms with Gasteiger partial charge in [0.1, 0.15) is 6.17 Å². The normalized spacial score (nSPS) is 25.2. The molecule has 0 saturated carbocycles. The number of halogens is 1. The monoisotopic (exact) mass is 271 g/mol. The summed E-state index contributed by atoms with van der Waals surface area (Å²) in [5, 5.41) is 0. The minimum Gasteiger partial charge on any atom is -0.273 e. The van der Waals surface area contributed by atoms with Crippen LogP contribution in [0.15, 0.2) is 24.3 Å². The van der Waals surface area contributed by atoms with Gasteiger partial charge in [0.15, 0.2) is 0 Å². The van der Waals surface area contributed by atoms with Gasteiger partial charge in [0.2, 0.25) is 0 Å². The molecule has 1 aromatic rings. The Morgan fingerprint density at radius 3 is 2.89 bits per heavy atom. The molecule has 18 heavy (non-hydrogen) atoms. The van der Waals surface area contributed by atoms with Gasteiger partial charge in [-0.3, -0.25) is 4.55 Å². The van der Waals surface area contributed by atoms with Crippen LogP contribution in [0.1, 0.15) is 19.9 Å². The van der Waals surface area contributed by atoms with Gasteiger partial charge in [-0.2, -0.15) is 12.7 Å². The number of rotatable bonds is 3. The predicted octanol–water partition coefficient (Wildman–Crippen LogP) is 1.36. The van der Waals surface area contributed by atoms with Gasteiger partial charge in [-0.25, -0.2) is 4.39 Å². The van der Waals surface area contributed by atoms with Crippen molar-refractivity contribution < 1.29 is 20.1 Å². The lowest BCUT2D eigenvalue weighted by Crippen LogP contribution is -2.37. The summed E-state index contributed by atoms with van der Waals surface area (Å²) in [4.78, 5) is 0. The molecule has 1 aromatic carbocycles. The van der Waals surface area contributed by atoms with E-state index < -0.39 is 29.0 Å². The summed E-state index contributed by atoms with van der Waals surface area (Å²) in [5.41, 5.74) is 0.864. The van der Waals surface area contributed by atoms with E-state index in [1.807, 2.05) is 0 Å². The molecule has 0 aliphatic heterocycles. The molecule has 1 aliphatic rings. The van der Waals surface area contributed by atoms with Crippen molar-refractivity contribution in [3.05, 3.63) is 35.4 Å². The van der Waals surface area contributed by atoms with E-state index >= 15 is 0 Å². The fourth-order valence-corrected chi connectivity index (χ4v) is 2.83. The Labute approximate surface area is 108 Å². The van der Waals surface area contributed by atoms with E-state index in [0.717, 1.165) is 0 Å². The molecule has 0 radical (unpaired) electrons. The molecule has 6 heteroatoms. The minimum absolute atomic E-state index is 0.0104. The van der Waals surface area contributed by atoms with Gasteiger partial charge < -0.3 is 0 Å². The van der Waals surface area contributed by atoms with E-state index in [4.69, 9.17) is 9.16 Å². The van der Waals surface area contributed by atoms with Crippen LogP contribution >= 0.6 is 0 Å². The van der Waals surface area contributed by atoms with E-state index in [0.29, 0.717) is 11.1 Å². The van der Waals surface area contributed by atoms with E-state index in [1.54, 1.807) is 24.1 Å². The summed E-state index contributed by atoms with van der Waals surface area (Å²) < 4.78 is 61.4. The molecule has 4 nitrogen and oxygen atoms in total. The van der Waals surface area contributed by atoms with E-state index in [1.165, 1.54) is 6.07 Å². The van der Waals surface area contributed by atoms with Crippen molar-refractivity contribution in [3.8, 4) is 12.3 Å². The molecular formula is C12H12FNO3S. The van der Waals surface area contributed by atoms with Crippen molar-refractivity contribution in [1.29, 1.82) is 0 Å². The van der Waals surface area contributed by atoms with Gasteiger partial charge in [-0.1, -0.05) is 30.2 Å². The lowest BCUT2D eigenvalue weighted by atomic mass is 10.1. The number of fused-ring (bicyclic) bond motifs is 1. The molecule has 0 heterocycles. The van der Waals surface area contributed by atoms with Crippen LogP contribution in [-0.2, 0) is 16.7 Å². The van der Waals surface area contributed by atoms with Crippen molar-refractivity contribution in [3.63, 3.8) is 0 Å². The van der Waals surface area contributed by atoms with Crippen LogP contribution in [0, 0.1) is 12.3 Å². The van der Waals surface area contributed by atoms with Crippen molar-refractivity contribution in [1.82, 2.24) is 4.31 Å². The minimum atomic E-state index is -5.02. The fraction of sp³-hybridized carbons (Fsp3) is 0.333. The highest BCUT2D eigenvalue weighted by Crippen LogP contribution is 2.38. The summed E-state index contributed by atoms with van der Waals surface area (Å²) in [6.07, 6.45) is 3.23. The van der Waals surface area contributed by atoms with Crippen molar-refractivity contribution >= 4 is 10.3 Å². The quantitative estimate of drug-likeness (QED) is 0.667. The summed E-state index contributed by atoms with van der Waals surface area (Å²) in [5.74, 6) is 1.63. The Balaban J connectivity index is 2.60. The van der Waals surface area contributed by atoms with Crippen LogP contribution in [0.2, 0.25) is 0 Å². The average molecular weight is 271 g/mol. The second-order valence-corrected chi connectivity index (χ2v) is 5.18. The molecule has 1 N–H and O–H groups in total. The first-order chi connectivity index (χ1) is 9.18. The van der Waals surface area contributed by atoms with E-state index in [2.05, 4.69) is 0 Å².